The van der Waals surface area contributed by atoms with Gasteiger partial charge in [-0.05, 0) is 24.7 Å². The highest BCUT2D eigenvalue weighted by Gasteiger charge is 2.13. The number of hydrazine groups is 1. The first-order chi connectivity index (χ1) is 9.51. The predicted octanol–water partition coefficient (Wildman–Crippen LogP) is -0.00290. The first-order valence-electron chi connectivity index (χ1n) is 6.24. The SMILES string of the molecule is CCN(CC(=O)NC)Cc1cc(C(=O)NN)ccc1F. The normalized spacial score (nSPS) is 10.4. The summed E-state index contributed by atoms with van der Waals surface area (Å²) in [5, 5.41) is 2.51. The van der Waals surface area contributed by atoms with Crippen molar-refractivity contribution >= 4 is 11.8 Å². The van der Waals surface area contributed by atoms with E-state index in [1.165, 1.54) is 18.2 Å². The second-order valence-electron chi connectivity index (χ2n) is 4.26. The highest BCUT2D eigenvalue weighted by Crippen LogP contribution is 2.13. The van der Waals surface area contributed by atoms with Crippen LogP contribution >= 0.6 is 0 Å². The number of hydrogen-bond donors (Lipinski definition) is 3. The summed E-state index contributed by atoms with van der Waals surface area (Å²) in [6.45, 7) is 2.86. The second kappa shape index (κ2) is 7.56. The van der Waals surface area contributed by atoms with Gasteiger partial charge in [-0.25, -0.2) is 10.2 Å². The summed E-state index contributed by atoms with van der Waals surface area (Å²) < 4.78 is 13.8. The summed E-state index contributed by atoms with van der Waals surface area (Å²) in [6, 6.07) is 4.01. The third-order valence-electron chi connectivity index (χ3n) is 2.93. The molecule has 110 valence electrons. The van der Waals surface area contributed by atoms with E-state index in [4.69, 9.17) is 5.84 Å². The summed E-state index contributed by atoms with van der Waals surface area (Å²) in [5.74, 6) is 3.99. The van der Waals surface area contributed by atoms with Crippen LogP contribution in [0, 0.1) is 5.82 Å². The topological polar surface area (TPSA) is 87.5 Å². The van der Waals surface area contributed by atoms with Crippen molar-refractivity contribution in [3.8, 4) is 0 Å². The lowest BCUT2D eigenvalue weighted by molar-refractivity contribution is -0.121. The Balaban J connectivity index is 2.89. The molecule has 0 radical (unpaired) electrons. The van der Waals surface area contributed by atoms with E-state index in [-0.39, 0.29) is 24.6 Å². The van der Waals surface area contributed by atoms with E-state index < -0.39 is 11.7 Å². The van der Waals surface area contributed by atoms with Gasteiger partial charge in [0.15, 0.2) is 0 Å². The third-order valence-corrected chi connectivity index (χ3v) is 2.93. The molecule has 0 unspecified atom stereocenters. The van der Waals surface area contributed by atoms with Gasteiger partial charge >= 0.3 is 0 Å². The number of nitrogens with zero attached hydrogens (tertiary/aromatic N) is 1. The molecule has 0 saturated carbocycles. The van der Waals surface area contributed by atoms with E-state index in [0.717, 1.165) is 0 Å². The van der Waals surface area contributed by atoms with Crippen molar-refractivity contribution in [2.45, 2.75) is 13.5 Å². The van der Waals surface area contributed by atoms with Crippen molar-refractivity contribution < 1.29 is 14.0 Å². The third kappa shape index (κ3) is 4.29. The van der Waals surface area contributed by atoms with Gasteiger partial charge in [0.05, 0.1) is 6.54 Å². The molecule has 0 bridgehead atoms. The molecule has 6 nitrogen and oxygen atoms in total. The number of nitrogens with two attached hydrogens (primary N) is 1. The van der Waals surface area contributed by atoms with Crippen LogP contribution in [0.2, 0.25) is 0 Å². The molecule has 7 heteroatoms. The van der Waals surface area contributed by atoms with Crippen LogP contribution in [-0.4, -0.2) is 36.9 Å². The zero-order valence-electron chi connectivity index (χ0n) is 11.6. The van der Waals surface area contributed by atoms with Gasteiger partial charge < -0.3 is 5.32 Å². The highest BCUT2D eigenvalue weighted by molar-refractivity contribution is 5.93. The molecule has 0 heterocycles. The molecule has 0 spiro atoms. The number of amides is 2. The molecule has 0 aliphatic carbocycles. The maximum atomic E-state index is 13.8. The van der Waals surface area contributed by atoms with Gasteiger partial charge in [-0.1, -0.05) is 6.92 Å². The monoisotopic (exact) mass is 282 g/mol. The Bertz CT molecular complexity index is 493. The number of carbonyl (C=O) groups is 2. The number of rotatable bonds is 6. The molecule has 0 aromatic heterocycles. The molecule has 20 heavy (non-hydrogen) atoms. The van der Waals surface area contributed by atoms with E-state index in [0.29, 0.717) is 12.1 Å². The van der Waals surface area contributed by atoms with Crippen molar-refractivity contribution in [2.24, 2.45) is 5.84 Å². The number of nitrogens with one attached hydrogen (secondary N) is 2. The molecule has 2 amide bonds. The van der Waals surface area contributed by atoms with Gasteiger partial charge in [0.1, 0.15) is 5.82 Å². The molecule has 1 aromatic carbocycles. The van der Waals surface area contributed by atoms with Crippen LogP contribution < -0.4 is 16.6 Å². The zero-order valence-corrected chi connectivity index (χ0v) is 11.6. The lowest BCUT2D eigenvalue weighted by Crippen LogP contribution is -2.35. The van der Waals surface area contributed by atoms with Crippen molar-refractivity contribution in [3.05, 3.63) is 35.1 Å². The summed E-state index contributed by atoms with van der Waals surface area (Å²) >= 11 is 0. The average molecular weight is 282 g/mol. The van der Waals surface area contributed by atoms with Gasteiger partial charge in [-0.15, -0.1) is 0 Å². The number of nitrogen functional groups attached to an aromatic ring is 1. The summed E-state index contributed by atoms with van der Waals surface area (Å²) in [4.78, 5) is 24.5. The van der Waals surface area contributed by atoms with Crippen LogP contribution in [-0.2, 0) is 11.3 Å². The first kappa shape index (κ1) is 16.1. The molecular formula is C13H19FN4O2. The van der Waals surface area contributed by atoms with Crippen LogP contribution in [0.1, 0.15) is 22.8 Å². The van der Waals surface area contributed by atoms with Crippen LogP contribution in [0.15, 0.2) is 18.2 Å². The largest absolute Gasteiger partial charge is 0.358 e. The molecule has 0 aliphatic rings. The van der Waals surface area contributed by atoms with Gasteiger partial charge in [-0.2, -0.15) is 0 Å². The van der Waals surface area contributed by atoms with E-state index in [2.05, 4.69) is 5.32 Å². The maximum absolute atomic E-state index is 13.8. The molecule has 0 saturated heterocycles. The molecule has 0 aliphatic heterocycles. The Morgan fingerprint density at radius 3 is 2.65 bits per heavy atom. The van der Waals surface area contributed by atoms with Crippen LogP contribution in [0.3, 0.4) is 0 Å². The number of hydrogen-bond acceptors (Lipinski definition) is 4. The molecule has 0 atom stereocenters. The van der Waals surface area contributed by atoms with E-state index in [1.54, 1.807) is 11.9 Å². The lowest BCUT2D eigenvalue weighted by Gasteiger charge is -2.20. The number of likely N-dealkylation sites (N-methyl/N-ethyl adjacent to an activating group) is 2. The standard InChI is InChI=1S/C13H19FN4O2/c1-3-18(8-12(19)16-2)7-10-6-9(13(20)17-15)4-5-11(10)14/h4-6H,3,7-8,15H2,1-2H3,(H,16,19)(H,17,20). The Kier molecular flexibility index (Phi) is 6.08. The lowest BCUT2D eigenvalue weighted by atomic mass is 10.1. The molecule has 0 fully saturated rings. The fourth-order valence-corrected chi connectivity index (χ4v) is 1.72. The van der Waals surface area contributed by atoms with E-state index >= 15 is 0 Å². The zero-order chi connectivity index (χ0) is 15.1. The number of halogens is 1. The minimum atomic E-state index is -0.486. The highest BCUT2D eigenvalue weighted by atomic mass is 19.1. The molecule has 1 aromatic rings. The summed E-state index contributed by atoms with van der Waals surface area (Å²) in [5.41, 5.74) is 2.62. The quantitative estimate of drug-likeness (QED) is 0.389. The first-order valence-corrected chi connectivity index (χ1v) is 6.24. The molecule has 4 N–H and O–H groups in total. The van der Waals surface area contributed by atoms with Crippen LogP contribution in [0.4, 0.5) is 4.39 Å². The Morgan fingerprint density at radius 2 is 2.10 bits per heavy atom. The number of carbonyl (C=O) groups excluding carboxylic acids is 2. The van der Waals surface area contributed by atoms with E-state index in [1.807, 2.05) is 12.3 Å². The van der Waals surface area contributed by atoms with Crippen molar-refractivity contribution in [2.75, 3.05) is 20.1 Å². The predicted molar refractivity (Wildman–Crippen MR) is 73.1 cm³/mol. The molecule has 1 rings (SSSR count). The minimum absolute atomic E-state index is 0.150. The molecular weight excluding hydrogens is 263 g/mol. The maximum Gasteiger partial charge on any atom is 0.265 e. The summed E-state index contributed by atoms with van der Waals surface area (Å²) in [6.07, 6.45) is 0. The average Bonchev–Trinajstić information content (AvgIpc) is 2.47. The second-order valence-corrected chi connectivity index (χ2v) is 4.26. The van der Waals surface area contributed by atoms with Gasteiger partial charge in [0, 0.05) is 24.7 Å². The summed E-state index contributed by atoms with van der Waals surface area (Å²) in [7, 11) is 1.54. The smallest absolute Gasteiger partial charge is 0.265 e. The van der Waals surface area contributed by atoms with Crippen molar-refractivity contribution in [1.82, 2.24) is 15.6 Å². The van der Waals surface area contributed by atoms with Crippen LogP contribution in [0.5, 0.6) is 0 Å². The minimum Gasteiger partial charge on any atom is -0.358 e. The Labute approximate surface area is 117 Å². The van der Waals surface area contributed by atoms with Gasteiger partial charge in [0.2, 0.25) is 5.91 Å². The van der Waals surface area contributed by atoms with Crippen LogP contribution in [0.25, 0.3) is 0 Å². The fraction of sp³-hybridized carbons (Fsp3) is 0.385. The van der Waals surface area contributed by atoms with Crippen molar-refractivity contribution in [3.63, 3.8) is 0 Å². The van der Waals surface area contributed by atoms with Gasteiger partial charge in [0.25, 0.3) is 5.91 Å². The Hall–Kier alpha value is -1.99. The van der Waals surface area contributed by atoms with E-state index in [9.17, 15) is 14.0 Å². The fourth-order valence-electron chi connectivity index (χ4n) is 1.72. The number of benzene rings is 1. The van der Waals surface area contributed by atoms with Gasteiger partial charge in [-0.3, -0.25) is 19.9 Å². The Morgan fingerprint density at radius 1 is 1.40 bits per heavy atom. The van der Waals surface area contributed by atoms with Crippen molar-refractivity contribution in [1.29, 1.82) is 0 Å².